The van der Waals surface area contributed by atoms with Crippen LogP contribution in [-0.2, 0) is 0 Å². The highest BCUT2D eigenvalue weighted by Gasteiger charge is 2.37. The number of aromatic amines is 1. The first-order chi connectivity index (χ1) is 11.1. The summed E-state index contributed by atoms with van der Waals surface area (Å²) in [5.41, 5.74) is 1.29. The molecule has 0 saturated heterocycles. The summed E-state index contributed by atoms with van der Waals surface area (Å²) in [6.07, 6.45) is 2.06. The molecule has 1 saturated carbocycles. The van der Waals surface area contributed by atoms with Crippen LogP contribution in [0.5, 0.6) is 0 Å². The van der Waals surface area contributed by atoms with Gasteiger partial charge >= 0.3 is 0 Å². The van der Waals surface area contributed by atoms with E-state index in [9.17, 15) is 4.79 Å². The maximum absolute atomic E-state index is 12.7. The van der Waals surface area contributed by atoms with Crippen LogP contribution in [-0.4, -0.2) is 26.5 Å². The molecule has 118 valence electrons. The molecular weight excluding hydrogens is 318 g/mol. The molecule has 3 aromatic rings. The number of nitrogens with one attached hydrogen (secondary N) is 2. The Bertz CT molecular complexity index is 870. The van der Waals surface area contributed by atoms with Gasteiger partial charge in [0, 0.05) is 10.9 Å². The third-order valence-electron chi connectivity index (χ3n) is 4.14. The molecule has 2 N–H and O–H groups in total. The van der Waals surface area contributed by atoms with Crippen LogP contribution < -0.4 is 5.32 Å². The standard InChI is InChI=1S/C15H14ClN5O2/c1-7-9-3-2-4-10(16)13(9)23-12(7)15(22)17-11(8-5-6-8)14-18-20-21-19-14/h2-4,8,11H,5-6H2,1H3,(H,17,22)(H,18,19,20,21)/t11-/m1/s1. The Morgan fingerprint density at radius 2 is 2.30 bits per heavy atom. The molecule has 1 atom stereocenters. The maximum Gasteiger partial charge on any atom is 0.287 e. The van der Waals surface area contributed by atoms with Gasteiger partial charge in [0.25, 0.3) is 5.91 Å². The van der Waals surface area contributed by atoms with E-state index in [1.54, 1.807) is 6.07 Å². The van der Waals surface area contributed by atoms with Crippen molar-refractivity contribution in [2.75, 3.05) is 0 Å². The van der Waals surface area contributed by atoms with Crippen molar-refractivity contribution in [3.63, 3.8) is 0 Å². The number of aryl methyl sites for hydroxylation is 1. The van der Waals surface area contributed by atoms with Gasteiger partial charge < -0.3 is 9.73 Å². The van der Waals surface area contributed by atoms with Crippen LogP contribution in [0.4, 0.5) is 0 Å². The molecule has 1 fully saturated rings. The fourth-order valence-corrected chi connectivity index (χ4v) is 2.97. The van der Waals surface area contributed by atoms with Crippen LogP contribution in [0, 0.1) is 12.8 Å². The van der Waals surface area contributed by atoms with E-state index in [2.05, 4.69) is 25.9 Å². The number of amides is 1. The number of tetrazole rings is 1. The summed E-state index contributed by atoms with van der Waals surface area (Å²) >= 11 is 6.14. The van der Waals surface area contributed by atoms with Crippen molar-refractivity contribution in [2.24, 2.45) is 5.92 Å². The smallest absolute Gasteiger partial charge is 0.287 e. The number of benzene rings is 1. The number of H-pyrrole nitrogens is 1. The zero-order valence-corrected chi connectivity index (χ0v) is 13.1. The molecule has 8 heteroatoms. The summed E-state index contributed by atoms with van der Waals surface area (Å²) in [4.78, 5) is 12.7. The Labute approximate surface area is 136 Å². The predicted octanol–water partition coefficient (Wildman–Crippen LogP) is 2.79. The number of fused-ring (bicyclic) bond motifs is 1. The SMILES string of the molecule is Cc1c(C(=O)N[C@@H](c2nn[nH]n2)C2CC2)oc2c(Cl)cccc12. The molecule has 0 spiro atoms. The molecule has 1 amide bonds. The fraction of sp³-hybridized carbons (Fsp3) is 0.333. The number of hydrogen-bond acceptors (Lipinski definition) is 5. The molecule has 0 bridgehead atoms. The predicted molar refractivity (Wildman–Crippen MR) is 83.1 cm³/mol. The van der Waals surface area contributed by atoms with Crippen LogP contribution in [0.1, 0.15) is 40.8 Å². The Balaban J connectivity index is 1.66. The number of para-hydroxylation sites is 1. The molecule has 1 aliphatic carbocycles. The van der Waals surface area contributed by atoms with Crippen LogP contribution in [0.2, 0.25) is 5.02 Å². The molecule has 0 aliphatic heterocycles. The highest BCUT2D eigenvalue weighted by atomic mass is 35.5. The van der Waals surface area contributed by atoms with Crippen molar-refractivity contribution in [2.45, 2.75) is 25.8 Å². The van der Waals surface area contributed by atoms with Crippen LogP contribution in [0.25, 0.3) is 11.0 Å². The van der Waals surface area contributed by atoms with E-state index in [4.69, 9.17) is 16.0 Å². The zero-order chi connectivity index (χ0) is 16.0. The van der Waals surface area contributed by atoms with Crippen LogP contribution in [0.3, 0.4) is 0 Å². The molecule has 1 aromatic carbocycles. The van der Waals surface area contributed by atoms with Gasteiger partial charge in [0.2, 0.25) is 0 Å². The number of rotatable bonds is 4. The highest BCUT2D eigenvalue weighted by molar-refractivity contribution is 6.35. The molecule has 4 rings (SSSR count). The zero-order valence-electron chi connectivity index (χ0n) is 12.3. The molecule has 23 heavy (non-hydrogen) atoms. The molecule has 0 unspecified atom stereocenters. The maximum atomic E-state index is 12.7. The summed E-state index contributed by atoms with van der Waals surface area (Å²) in [6, 6.07) is 5.19. The van der Waals surface area contributed by atoms with Gasteiger partial charge in [-0.15, -0.1) is 10.2 Å². The molecule has 7 nitrogen and oxygen atoms in total. The van der Waals surface area contributed by atoms with Crippen molar-refractivity contribution in [3.05, 3.63) is 40.4 Å². The lowest BCUT2D eigenvalue weighted by Crippen LogP contribution is -2.30. The van der Waals surface area contributed by atoms with E-state index >= 15 is 0 Å². The molecule has 2 heterocycles. The summed E-state index contributed by atoms with van der Waals surface area (Å²) in [6.45, 7) is 1.84. The van der Waals surface area contributed by atoms with E-state index in [0.29, 0.717) is 22.3 Å². The van der Waals surface area contributed by atoms with E-state index < -0.39 is 0 Å². The van der Waals surface area contributed by atoms with Gasteiger partial charge in [0.05, 0.1) is 11.1 Å². The quantitative estimate of drug-likeness (QED) is 0.766. The average molecular weight is 332 g/mol. The fourth-order valence-electron chi connectivity index (χ4n) is 2.76. The van der Waals surface area contributed by atoms with Gasteiger partial charge in [-0.2, -0.15) is 5.21 Å². The number of halogens is 1. The van der Waals surface area contributed by atoms with Crippen molar-refractivity contribution < 1.29 is 9.21 Å². The highest BCUT2D eigenvalue weighted by Crippen LogP contribution is 2.40. The first kappa shape index (κ1) is 14.2. The Kier molecular flexibility index (Phi) is 3.30. The first-order valence-electron chi connectivity index (χ1n) is 7.37. The summed E-state index contributed by atoms with van der Waals surface area (Å²) < 4.78 is 5.70. The average Bonchev–Trinajstić information content (AvgIpc) is 3.11. The van der Waals surface area contributed by atoms with Gasteiger partial charge in [0.15, 0.2) is 17.2 Å². The Morgan fingerprint density at radius 1 is 1.48 bits per heavy atom. The number of carbonyl (C=O) groups is 1. The van der Waals surface area contributed by atoms with Gasteiger partial charge in [-0.3, -0.25) is 4.79 Å². The minimum Gasteiger partial charge on any atom is -0.449 e. The molecule has 1 aliphatic rings. The van der Waals surface area contributed by atoms with E-state index in [0.717, 1.165) is 23.8 Å². The van der Waals surface area contributed by atoms with Crippen LogP contribution in [0.15, 0.2) is 22.6 Å². The van der Waals surface area contributed by atoms with Gasteiger partial charge in [-0.1, -0.05) is 28.9 Å². The Hall–Kier alpha value is -2.41. The second-order valence-corrected chi connectivity index (χ2v) is 6.14. The first-order valence-corrected chi connectivity index (χ1v) is 7.74. The number of nitrogens with zero attached hydrogens (tertiary/aromatic N) is 3. The normalized spacial score (nSPS) is 15.7. The molecule has 2 aromatic heterocycles. The minimum absolute atomic E-state index is 0.260. The third kappa shape index (κ3) is 2.46. The number of carbonyl (C=O) groups excluding carboxylic acids is 1. The minimum atomic E-state index is -0.295. The topological polar surface area (TPSA) is 96.7 Å². The number of furan rings is 1. The van der Waals surface area contributed by atoms with Crippen molar-refractivity contribution >= 4 is 28.5 Å². The third-order valence-corrected chi connectivity index (χ3v) is 4.44. The van der Waals surface area contributed by atoms with Crippen molar-refractivity contribution in [3.8, 4) is 0 Å². The van der Waals surface area contributed by atoms with E-state index in [-0.39, 0.29) is 17.7 Å². The summed E-state index contributed by atoms with van der Waals surface area (Å²) in [5.74, 6) is 0.802. The number of hydrogen-bond donors (Lipinski definition) is 2. The summed E-state index contributed by atoms with van der Waals surface area (Å²) in [5, 5.41) is 18.3. The Morgan fingerprint density at radius 3 is 2.96 bits per heavy atom. The largest absolute Gasteiger partial charge is 0.449 e. The molecule has 0 radical (unpaired) electrons. The second kappa shape index (κ2) is 5.34. The monoisotopic (exact) mass is 331 g/mol. The second-order valence-electron chi connectivity index (χ2n) is 5.73. The van der Waals surface area contributed by atoms with Gasteiger partial charge in [-0.25, -0.2) is 0 Å². The number of aromatic nitrogens is 4. The van der Waals surface area contributed by atoms with E-state index in [1.807, 2.05) is 19.1 Å². The van der Waals surface area contributed by atoms with E-state index in [1.165, 1.54) is 0 Å². The summed E-state index contributed by atoms with van der Waals surface area (Å²) in [7, 11) is 0. The van der Waals surface area contributed by atoms with Crippen molar-refractivity contribution in [1.82, 2.24) is 25.9 Å². The molecular formula is C15H14ClN5O2. The van der Waals surface area contributed by atoms with Crippen LogP contribution >= 0.6 is 11.6 Å². The van der Waals surface area contributed by atoms with Crippen molar-refractivity contribution in [1.29, 1.82) is 0 Å². The lowest BCUT2D eigenvalue weighted by Gasteiger charge is -2.13. The van der Waals surface area contributed by atoms with Gasteiger partial charge in [-0.05, 0) is 31.7 Å². The lowest BCUT2D eigenvalue weighted by molar-refractivity contribution is 0.0902. The van der Waals surface area contributed by atoms with Gasteiger partial charge in [0.1, 0.15) is 0 Å². The lowest BCUT2D eigenvalue weighted by atomic mass is 10.1.